The van der Waals surface area contributed by atoms with Crippen LogP contribution in [0.1, 0.15) is 25.7 Å². The third kappa shape index (κ3) is 2.79. The average Bonchev–Trinajstić information content (AvgIpc) is 2.16. The van der Waals surface area contributed by atoms with Gasteiger partial charge in [-0.15, -0.1) is 12.4 Å². The lowest BCUT2D eigenvalue weighted by Gasteiger charge is -2.39. The van der Waals surface area contributed by atoms with Crippen LogP contribution >= 0.6 is 12.4 Å². The number of hydrogen-bond donors (Lipinski definition) is 1. The summed E-state index contributed by atoms with van der Waals surface area (Å²) in [5.41, 5.74) is 2.83. The molecule has 7 heteroatoms. The molecule has 1 aliphatic rings. The van der Waals surface area contributed by atoms with Crippen LogP contribution < -0.4 is 5.73 Å². The average molecular weight is 262 g/mol. The van der Waals surface area contributed by atoms with Crippen LogP contribution in [0, 0.1) is 5.92 Å². The number of carbonyl (C=O) groups is 1. The van der Waals surface area contributed by atoms with E-state index < -0.39 is 23.6 Å². The first kappa shape index (κ1) is 15.5. The standard InChI is InChI=1S/C9H14F3NO2.ClH/c1-15-8(9(10,11)12)4-2-3-6(5-8)7(13)14;/h6H,2-5H2,1H3,(H2,13,14);1H. The summed E-state index contributed by atoms with van der Waals surface area (Å²) in [6, 6.07) is 0. The van der Waals surface area contributed by atoms with Gasteiger partial charge in [-0.2, -0.15) is 13.2 Å². The Kier molecular flexibility index (Phi) is 5.07. The molecule has 2 N–H and O–H groups in total. The summed E-state index contributed by atoms with van der Waals surface area (Å²) in [6.07, 6.45) is -4.19. The fourth-order valence-corrected chi connectivity index (χ4v) is 2.04. The number of halogens is 4. The molecule has 0 spiro atoms. The zero-order valence-electron chi connectivity index (χ0n) is 8.84. The van der Waals surface area contributed by atoms with E-state index in [1.165, 1.54) is 0 Å². The lowest BCUT2D eigenvalue weighted by molar-refractivity contribution is -0.282. The van der Waals surface area contributed by atoms with Gasteiger partial charge < -0.3 is 10.5 Å². The molecule has 0 saturated heterocycles. The second kappa shape index (κ2) is 5.23. The monoisotopic (exact) mass is 261 g/mol. The summed E-state index contributed by atoms with van der Waals surface area (Å²) in [5, 5.41) is 0. The fraction of sp³-hybridized carbons (Fsp3) is 0.889. The van der Waals surface area contributed by atoms with Crippen molar-refractivity contribution in [2.24, 2.45) is 11.7 Å². The van der Waals surface area contributed by atoms with E-state index in [4.69, 9.17) is 5.73 Å². The zero-order valence-corrected chi connectivity index (χ0v) is 9.66. The first-order valence-electron chi connectivity index (χ1n) is 4.73. The molecule has 1 saturated carbocycles. The first-order chi connectivity index (χ1) is 6.82. The van der Waals surface area contributed by atoms with Crippen LogP contribution in [-0.4, -0.2) is 24.8 Å². The highest BCUT2D eigenvalue weighted by Gasteiger charge is 2.57. The van der Waals surface area contributed by atoms with Crippen molar-refractivity contribution in [3.05, 3.63) is 0 Å². The summed E-state index contributed by atoms with van der Waals surface area (Å²) < 4.78 is 42.9. The van der Waals surface area contributed by atoms with Crippen LogP contribution in [0.5, 0.6) is 0 Å². The van der Waals surface area contributed by atoms with Crippen molar-refractivity contribution in [2.45, 2.75) is 37.5 Å². The Morgan fingerprint density at radius 1 is 1.50 bits per heavy atom. The van der Waals surface area contributed by atoms with Crippen molar-refractivity contribution in [3.8, 4) is 0 Å². The van der Waals surface area contributed by atoms with Gasteiger partial charge in [0, 0.05) is 13.0 Å². The fourth-order valence-electron chi connectivity index (χ4n) is 2.04. The third-order valence-electron chi connectivity index (χ3n) is 3.02. The second-order valence-corrected chi connectivity index (χ2v) is 3.89. The van der Waals surface area contributed by atoms with Crippen LogP contribution in [0.15, 0.2) is 0 Å². The zero-order chi connectivity index (χ0) is 11.7. The van der Waals surface area contributed by atoms with Crippen LogP contribution in [0.3, 0.4) is 0 Å². The molecule has 0 aromatic rings. The Bertz CT molecular complexity index is 260. The van der Waals surface area contributed by atoms with Gasteiger partial charge in [0.05, 0.1) is 0 Å². The summed E-state index contributed by atoms with van der Waals surface area (Å²) in [4.78, 5) is 10.9. The van der Waals surface area contributed by atoms with Gasteiger partial charge in [-0.3, -0.25) is 4.79 Å². The maximum Gasteiger partial charge on any atom is 0.417 e. The molecule has 2 atom stereocenters. The number of nitrogens with two attached hydrogens (primary N) is 1. The number of carbonyl (C=O) groups excluding carboxylic acids is 1. The molecule has 0 aromatic heterocycles. The minimum Gasteiger partial charge on any atom is -0.369 e. The number of alkyl halides is 3. The van der Waals surface area contributed by atoms with E-state index in [-0.39, 0.29) is 25.2 Å². The Balaban J connectivity index is 0.00000225. The minimum absolute atomic E-state index is 0. The highest BCUT2D eigenvalue weighted by molar-refractivity contribution is 5.85. The van der Waals surface area contributed by atoms with Gasteiger partial charge in [0.2, 0.25) is 5.91 Å². The van der Waals surface area contributed by atoms with Crippen molar-refractivity contribution in [2.75, 3.05) is 7.11 Å². The van der Waals surface area contributed by atoms with E-state index in [2.05, 4.69) is 4.74 Å². The van der Waals surface area contributed by atoms with Gasteiger partial charge in [-0.25, -0.2) is 0 Å². The molecular formula is C9H15ClF3NO2. The highest BCUT2D eigenvalue weighted by atomic mass is 35.5. The van der Waals surface area contributed by atoms with Crippen molar-refractivity contribution < 1.29 is 22.7 Å². The van der Waals surface area contributed by atoms with Gasteiger partial charge in [0.15, 0.2) is 5.60 Å². The van der Waals surface area contributed by atoms with Gasteiger partial charge in [-0.1, -0.05) is 0 Å². The molecule has 0 aliphatic heterocycles. The predicted molar refractivity (Wildman–Crippen MR) is 54.2 cm³/mol. The van der Waals surface area contributed by atoms with E-state index in [0.29, 0.717) is 12.8 Å². The molecule has 3 nitrogen and oxygen atoms in total. The SMILES string of the molecule is COC1(C(F)(F)F)CCCC(C(N)=O)C1.Cl. The van der Waals surface area contributed by atoms with E-state index in [0.717, 1.165) is 7.11 Å². The van der Waals surface area contributed by atoms with E-state index in [1.54, 1.807) is 0 Å². The number of methoxy groups -OCH3 is 1. The molecule has 1 fully saturated rings. The molecule has 0 aromatic carbocycles. The molecule has 0 radical (unpaired) electrons. The Labute approximate surface area is 97.9 Å². The van der Waals surface area contributed by atoms with Crippen molar-refractivity contribution >= 4 is 18.3 Å². The highest BCUT2D eigenvalue weighted by Crippen LogP contribution is 2.45. The van der Waals surface area contributed by atoms with Crippen LogP contribution in [0.4, 0.5) is 13.2 Å². The molecule has 1 aliphatic carbocycles. The summed E-state index contributed by atoms with van der Waals surface area (Å²) in [7, 11) is 1.02. The Hall–Kier alpha value is -0.490. The van der Waals surface area contributed by atoms with Gasteiger partial charge in [-0.05, 0) is 25.7 Å². The Morgan fingerprint density at radius 2 is 2.06 bits per heavy atom. The largest absolute Gasteiger partial charge is 0.417 e. The van der Waals surface area contributed by atoms with Gasteiger partial charge in [0.1, 0.15) is 0 Å². The topological polar surface area (TPSA) is 52.3 Å². The molecule has 2 unspecified atom stereocenters. The van der Waals surface area contributed by atoms with Gasteiger partial charge in [0.25, 0.3) is 0 Å². The van der Waals surface area contributed by atoms with Crippen LogP contribution in [-0.2, 0) is 9.53 Å². The number of primary amides is 1. The van der Waals surface area contributed by atoms with Crippen molar-refractivity contribution in [3.63, 3.8) is 0 Å². The van der Waals surface area contributed by atoms with E-state index in [9.17, 15) is 18.0 Å². The minimum atomic E-state index is -4.45. The molecule has 1 amide bonds. The number of ether oxygens (including phenoxy) is 1. The number of rotatable bonds is 2. The molecule has 16 heavy (non-hydrogen) atoms. The van der Waals surface area contributed by atoms with E-state index in [1.807, 2.05) is 0 Å². The van der Waals surface area contributed by atoms with Crippen molar-refractivity contribution in [1.29, 1.82) is 0 Å². The van der Waals surface area contributed by atoms with Crippen LogP contribution in [0.2, 0.25) is 0 Å². The van der Waals surface area contributed by atoms with Crippen LogP contribution in [0.25, 0.3) is 0 Å². The molecular weight excluding hydrogens is 247 g/mol. The smallest absolute Gasteiger partial charge is 0.369 e. The second-order valence-electron chi connectivity index (χ2n) is 3.89. The Morgan fingerprint density at radius 3 is 2.44 bits per heavy atom. The molecule has 0 heterocycles. The quantitative estimate of drug-likeness (QED) is 0.827. The lowest BCUT2D eigenvalue weighted by atomic mass is 9.77. The maximum absolute atomic E-state index is 12.8. The lowest BCUT2D eigenvalue weighted by Crippen LogP contribution is -2.51. The normalized spacial score (nSPS) is 30.6. The predicted octanol–water partition coefficient (Wildman–Crippen LogP) is 2.03. The third-order valence-corrected chi connectivity index (χ3v) is 3.02. The molecule has 0 bridgehead atoms. The molecule has 96 valence electrons. The first-order valence-corrected chi connectivity index (χ1v) is 4.73. The van der Waals surface area contributed by atoms with E-state index >= 15 is 0 Å². The summed E-state index contributed by atoms with van der Waals surface area (Å²) in [5.74, 6) is -1.42. The van der Waals surface area contributed by atoms with Crippen molar-refractivity contribution in [1.82, 2.24) is 0 Å². The number of amides is 1. The number of hydrogen-bond acceptors (Lipinski definition) is 2. The van der Waals surface area contributed by atoms with Gasteiger partial charge >= 0.3 is 6.18 Å². The summed E-state index contributed by atoms with van der Waals surface area (Å²) >= 11 is 0. The molecule has 1 rings (SSSR count). The maximum atomic E-state index is 12.8. The summed E-state index contributed by atoms with van der Waals surface area (Å²) in [6.45, 7) is 0.